The summed E-state index contributed by atoms with van der Waals surface area (Å²) in [7, 11) is 0. The van der Waals surface area contributed by atoms with Crippen LogP contribution in [0.25, 0.3) is 11.0 Å². The number of piperidine rings is 1. The molecule has 9 heteroatoms. The van der Waals surface area contributed by atoms with Gasteiger partial charge in [-0.2, -0.15) is 15.0 Å². The summed E-state index contributed by atoms with van der Waals surface area (Å²) in [5.74, 6) is 2.13. The van der Waals surface area contributed by atoms with Gasteiger partial charge in [-0.05, 0) is 74.2 Å². The highest BCUT2D eigenvalue weighted by Crippen LogP contribution is 2.26. The van der Waals surface area contributed by atoms with E-state index in [0.717, 1.165) is 55.0 Å². The quantitative estimate of drug-likeness (QED) is 0.271. The van der Waals surface area contributed by atoms with E-state index < -0.39 is 0 Å². The molecule has 1 fully saturated rings. The molecule has 0 saturated carbocycles. The molecule has 0 aliphatic carbocycles. The number of fused-ring (bicyclic) bond motifs is 1. The maximum absolute atomic E-state index is 13.4. The number of aromatic nitrogens is 5. The van der Waals surface area contributed by atoms with Gasteiger partial charge in [-0.1, -0.05) is 30.3 Å². The number of hydrogen-bond acceptors (Lipinski definition) is 7. The predicted molar refractivity (Wildman–Crippen MR) is 149 cm³/mol. The number of nitrogens with zero attached hydrogens (tertiary/aromatic N) is 6. The fourth-order valence-corrected chi connectivity index (χ4v) is 4.79. The summed E-state index contributed by atoms with van der Waals surface area (Å²) in [4.78, 5) is 21.0. The van der Waals surface area contributed by atoms with Crippen LogP contribution in [0.5, 0.6) is 0 Å². The average Bonchev–Trinajstić information content (AvgIpc) is 3.25. The molecule has 0 radical (unpaired) electrons. The van der Waals surface area contributed by atoms with E-state index in [1.165, 1.54) is 24.1 Å². The monoisotopic (exact) mass is 508 g/mol. The fourth-order valence-electron chi connectivity index (χ4n) is 4.79. The highest BCUT2D eigenvalue weighted by atomic mass is 19.1. The van der Waals surface area contributed by atoms with Gasteiger partial charge in [0.15, 0.2) is 0 Å². The molecular formula is C29H29FN8. The van der Waals surface area contributed by atoms with Crippen LogP contribution in [0.15, 0.2) is 72.8 Å². The molecular weight excluding hydrogens is 479 g/mol. The number of halogens is 1. The second-order valence-electron chi connectivity index (χ2n) is 9.52. The molecule has 1 aliphatic heterocycles. The highest BCUT2D eigenvalue weighted by Gasteiger charge is 2.17. The third-order valence-corrected chi connectivity index (χ3v) is 6.74. The van der Waals surface area contributed by atoms with Gasteiger partial charge in [0.05, 0.1) is 11.0 Å². The van der Waals surface area contributed by atoms with Crippen molar-refractivity contribution in [2.24, 2.45) is 0 Å². The molecule has 0 bridgehead atoms. The van der Waals surface area contributed by atoms with Crippen molar-refractivity contribution < 1.29 is 4.39 Å². The van der Waals surface area contributed by atoms with Crippen LogP contribution < -0.4 is 15.5 Å². The fraction of sp³-hybridized carbons (Fsp3) is 0.241. The van der Waals surface area contributed by atoms with Gasteiger partial charge in [0.2, 0.25) is 17.8 Å². The topological polar surface area (TPSA) is 83.8 Å². The molecule has 1 saturated heterocycles. The van der Waals surface area contributed by atoms with Gasteiger partial charge in [-0.25, -0.2) is 9.37 Å². The van der Waals surface area contributed by atoms with Gasteiger partial charge >= 0.3 is 0 Å². The smallest absolute Gasteiger partial charge is 0.233 e. The molecule has 0 spiro atoms. The van der Waals surface area contributed by atoms with Crippen molar-refractivity contribution in [2.75, 3.05) is 28.6 Å². The Morgan fingerprint density at radius 3 is 2.18 bits per heavy atom. The van der Waals surface area contributed by atoms with Crippen molar-refractivity contribution in [3.8, 4) is 0 Å². The van der Waals surface area contributed by atoms with Crippen LogP contribution in [0.1, 0.15) is 30.7 Å². The van der Waals surface area contributed by atoms with Gasteiger partial charge in [-0.3, -0.25) is 0 Å². The van der Waals surface area contributed by atoms with E-state index in [-0.39, 0.29) is 5.82 Å². The normalized spacial score (nSPS) is 13.6. The minimum Gasteiger partial charge on any atom is -0.341 e. The molecule has 3 heterocycles. The lowest BCUT2D eigenvalue weighted by Gasteiger charge is -2.27. The van der Waals surface area contributed by atoms with E-state index in [1.54, 1.807) is 12.1 Å². The number of imidazole rings is 1. The molecule has 8 nitrogen and oxygen atoms in total. The Bertz CT molecular complexity index is 1540. The Morgan fingerprint density at radius 2 is 1.45 bits per heavy atom. The van der Waals surface area contributed by atoms with Crippen LogP contribution in [0.3, 0.4) is 0 Å². The standard InChI is InChI=1S/C29H29FN8/c1-20-31-25-15-14-24(18-26(25)38(20)19-21-8-4-2-5-9-21)33-28-34-27(32-23-12-10-22(30)11-13-23)35-29(36-28)37-16-6-3-7-17-37/h2,4-5,8-15,18H,3,6-7,16-17,19H2,1H3,(H2,32,33,34,35,36). The maximum Gasteiger partial charge on any atom is 0.233 e. The Hall–Kier alpha value is -4.53. The summed E-state index contributed by atoms with van der Waals surface area (Å²) < 4.78 is 15.6. The molecule has 6 rings (SSSR count). The Morgan fingerprint density at radius 1 is 0.763 bits per heavy atom. The average molecular weight is 509 g/mol. The number of rotatable bonds is 7. The van der Waals surface area contributed by atoms with Crippen molar-refractivity contribution >= 4 is 40.3 Å². The number of hydrogen-bond donors (Lipinski definition) is 2. The molecule has 38 heavy (non-hydrogen) atoms. The zero-order chi connectivity index (χ0) is 25.9. The number of aryl methyl sites for hydroxylation is 1. The summed E-state index contributed by atoms with van der Waals surface area (Å²) in [6.45, 7) is 4.58. The first-order valence-corrected chi connectivity index (χ1v) is 12.9. The number of benzene rings is 3. The van der Waals surface area contributed by atoms with Crippen LogP contribution in [0, 0.1) is 12.7 Å². The van der Waals surface area contributed by atoms with Crippen molar-refractivity contribution in [3.05, 3.63) is 90.0 Å². The first kappa shape index (κ1) is 23.8. The van der Waals surface area contributed by atoms with Gasteiger partial charge in [0, 0.05) is 31.0 Å². The lowest BCUT2D eigenvalue weighted by Crippen LogP contribution is -2.31. The number of nitrogens with one attached hydrogen (secondary N) is 2. The van der Waals surface area contributed by atoms with Crippen molar-refractivity contribution in [1.29, 1.82) is 0 Å². The van der Waals surface area contributed by atoms with Crippen LogP contribution >= 0.6 is 0 Å². The predicted octanol–water partition coefficient (Wildman–Crippen LogP) is 6.19. The first-order chi connectivity index (χ1) is 18.6. The molecule has 0 amide bonds. The summed E-state index contributed by atoms with van der Waals surface area (Å²) >= 11 is 0. The first-order valence-electron chi connectivity index (χ1n) is 12.9. The number of anilines is 5. The molecule has 192 valence electrons. The van der Waals surface area contributed by atoms with E-state index in [9.17, 15) is 4.39 Å². The third-order valence-electron chi connectivity index (χ3n) is 6.74. The Kier molecular flexibility index (Phi) is 6.56. The van der Waals surface area contributed by atoms with E-state index in [0.29, 0.717) is 23.5 Å². The summed E-state index contributed by atoms with van der Waals surface area (Å²) in [6, 6.07) is 22.6. The van der Waals surface area contributed by atoms with Gasteiger partial charge < -0.3 is 20.1 Å². The van der Waals surface area contributed by atoms with E-state index in [2.05, 4.69) is 60.4 Å². The minimum absolute atomic E-state index is 0.292. The van der Waals surface area contributed by atoms with E-state index in [4.69, 9.17) is 9.97 Å². The Labute approximate surface area is 220 Å². The van der Waals surface area contributed by atoms with Gasteiger partial charge in [0.25, 0.3) is 0 Å². The third kappa shape index (κ3) is 5.27. The second-order valence-corrected chi connectivity index (χ2v) is 9.52. The van der Waals surface area contributed by atoms with Crippen LogP contribution in [0.2, 0.25) is 0 Å². The zero-order valence-electron chi connectivity index (χ0n) is 21.2. The summed E-state index contributed by atoms with van der Waals surface area (Å²) in [5, 5.41) is 6.58. The van der Waals surface area contributed by atoms with Gasteiger partial charge in [0.1, 0.15) is 11.6 Å². The molecule has 5 aromatic rings. The summed E-state index contributed by atoms with van der Waals surface area (Å²) in [6.07, 6.45) is 3.43. The van der Waals surface area contributed by atoms with Crippen molar-refractivity contribution in [3.63, 3.8) is 0 Å². The van der Waals surface area contributed by atoms with E-state index >= 15 is 0 Å². The molecule has 3 aromatic carbocycles. The summed E-state index contributed by atoms with van der Waals surface area (Å²) in [5.41, 5.74) is 4.75. The van der Waals surface area contributed by atoms with Crippen LogP contribution in [-0.2, 0) is 6.54 Å². The maximum atomic E-state index is 13.4. The lowest BCUT2D eigenvalue weighted by molar-refractivity contribution is 0.568. The van der Waals surface area contributed by atoms with E-state index in [1.807, 2.05) is 25.1 Å². The van der Waals surface area contributed by atoms with Crippen LogP contribution in [-0.4, -0.2) is 37.6 Å². The minimum atomic E-state index is -0.292. The SMILES string of the molecule is Cc1nc2ccc(Nc3nc(Nc4ccc(F)cc4)nc(N4CCCCC4)n3)cc2n1Cc1ccccc1. The molecule has 1 aliphatic rings. The molecule has 2 N–H and O–H groups in total. The highest BCUT2D eigenvalue weighted by molar-refractivity contribution is 5.81. The largest absolute Gasteiger partial charge is 0.341 e. The molecule has 2 aromatic heterocycles. The zero-order valence-corrected chi connectivity index (χ0v) is 21.2. The Balaban J connectivity index is 1.32. The molecule has 0 unspecified atom stereocenters. The van der Waals surface area contributed by atoms with Crippen LogP contribution in [0.4, 0.5) is 33.6 Å². The van der Waals surface area contributed by atoms with Crippen molar-refractivity contribution in [2.45, 2.75) is 32.7 Å². The second kappa shape index (κ2) is 10.5. The van der Waals surface area contributed by atoms with Crippen molar-refractivity contribution in [1.82, 2.24) is 24.5 Å². The molecule has 0 atom stereocenters. The van der Waals surface area contributed by atoms with Gasteiger partial charge in [-0.15, -0.1) is 0 Å². The lowest BCUT2D eigenvalue weighted by atomic mass is 10.1.